The summed E-state index contributed by atoms with van der Waals surface area (Å²) in [5.74, 6) is -0.658. The Labute approximate surface area is 120 Å². The van der Waals surface area contributed by atoms with Gasteiger partial charge in [0.15, 0.2) is 6.61 Å². The van der Waals surface area contributed by atoms with Gasteiger partial charge in [-0.2, -0.15) is 4.98 Å². The number of halogens is 3. The second-order valence-electron chi connectivity index (χ2n) is 3.29. The first-order valence-corrected chi connectivity index (χ1v) is 7.80. The fraction of sp³-hybridized carbons (Fsp3) is 0.111. The summed E-state index contributed by atoms with van der Waals surface area (Å²) >= 11 is 3.06. The van der Waals surface area contributed by atoms with Crippen molar-refractivity contribution in [1.82, 2.24) is 10.1 Å². The predicted octanol–water partition coefficient (Wildman–Crippen LogP) is 2.48. The minimum absolute atomic E-state index is 0.0541. The molecule has 1 heterocycles. The first kappa shape index (κ1) is 14.2. The molecule has 0 aliphatic heterocycles. The van der Waals surface area contributed by atoms with Gasteiger partial charge in [-0.15, -0.1) is 0 Å². The van der Waals surface area contributed by atoms with Gasteiger partial charge in [0.25, 0.3) is 9.05 Å². The van der Waals surface area contributed by atoms with Crippen molar-refractivity contribution in [1.29, 1.82) is 0 Å². The van der Waals surface area contributed by atoms with E-state index in [1.807, 2.05) is 0 Å². The maximum atomic E-state index is 13.6. The van der Waals surface area contributed by atoms with Crippen LogP contribution in [0.4, 0.5) is 4.39 Å². The van der Waals surface area contributed by atoms with Crippen LogP contribution in [0.15, 0.2) is 32.4 Å². The molecule has 0 aliphatic rings. The first-order valence-electron chi connectivity index (χ1n) is 4.69. The standard InChI is InChI=1S/C9H5BrClFN2O4S/c10-5-1-8(19(11,15)16)6(12)2-7(5)17-3-9-13-4-18-14-9/h1-2,4H,3H2. The van der Waals surface area contributed by atoms with E-state index in [-0.39, 0.29) is 22.7 Å². The highest BCUT2D eigenvalue weighted by molar-refractivity contribution is 9.10. The van der Waals surface area contributed by atoms with Gasteiger partial charge in [0.1, 0.15) is 16.5 Å². The van der Waals surface area contributed by atoms with E-state index in [1.165, 1.54) is 0 Å². The number of benzene rings is 1. The lowest BCUT2D eigenvalue weighted by Crippen LogP contribution is -2.01. The largest absolute Gasteiger partial charge is 0.484 e. The molecule has 0 amide bonds. The molecular weight excluding hydrogens is 367 g/mol. The van der Waals surface area contributed by atoms with Gasteiger partial charge in [0.05, 0.1) is 4.47 Å². The first-order chi connectivity index (χ1) is 8.88. The summed E-state index contributed by atoms with van der Waals surface area (Å²) in [5, 5.41) is 3.50. The van der Waals surface area contributed by atoms with Gasteiger partial charge in [0, 0.05) is 16.7 Å². The van der Waals surface area contributed by atoms with Crippen LogP contribution in [0.25, 0.3) is 0 Å². The lowest BCUT2D eigenvalue weighted by Gasteiger charge is -2.08. The van der Waals surface area contributed by atoms with Gasteiger partial charge in [-0.25, -0.2) is 12.8 Å². The molecule has 19 heavy (non-hydrogen) atoms. The molecule has 0 saturated carbocycles. The molecule has 1 aromatic carbocycles. The van der Waals surface area contributed by atoms with E-state index >= 15 is 0 Å². The monoisotopic (exact) mass is 370 g/mol. The zero-order chi connectivity index (χ0) is 14.0. The summed E-state index contributed by atoms with van der Waals surface area (Å²) in [5.41, 5.74) is 0. The van der Waals surface area contributed by atoms with Crippen LogP contribution in [-0.2, 0) is 15.7 Å². The van der Waals surface area contributed by atoms with Gasteiger partial charge in [-0.3, -0.25) is 0 Å². The number of nitrogens with zero attached hydrogens (tertiary/aromatic N) is 2. The van der Waals surface area contributed by atoms with E-state index in [0.29, 0.717) is 0 Å². The Bertz CT molecular complexity index is 692. The average molecular weight is 372 g/mol. The normalized spacial score (nSPS) is 11.5. The average Bonchev–Trinajstić information content (AvgIpc) is 2.81. The van der Waals surface area contributed by atoms with Crippen LogP contribution in [0.2, 0.25) is 0 Å². The van der Waals surface area contributed by atoms with Gasteiger partial charge in [0.2, 0.25) is 12.2 Å². The minimum atomic E-state index is -4.16. The van der Waals surface area contributed by atoms with Gasteiger partial charge >= 0.3 is 0 Å². The second-order valence-corrected chi connectivity index (χ2v) is 6.68. The summed E-state index contributed by atoms with van der Waals surface area (Å²) in [4.78, 5) is 3.08. The van der Waals surface area contributed by atoms with Gasteiger partial charge < -0.3 is 9.26 Å². The molecular formula is C9H5BrClFN2O4S. The zero-order valence-electron chi connectivity index (χ0n) is 9.01. The molecule has 2 aromatic rings. The van der Waals surface area contributed by atoms with Crippen molar-refractivity contribution in [3.05, 3.63) is 34.6 Å². The molecule has 0 N–H and O–H groups in total. The van der Waals surface area contributed by atoms with Crippen LogP contribution in [0.3, 0.4) is 0 Å². The number of rotatable bonds is 4. The van der Waals surface area contributed by atoms with E-state index in [0.717, 1.165) is 18.5 Å². The highest BCUT2D eigenvalue weighted by Crippen LogP contribution is 2.32. The summed E-state index contributed by atoms with van der Waals surface area (Å²) in [7, 11) is 0.926. The zero-order valence-corrected chi connectivity index (χ0v) is 12.2. The molecule has 0 spiro atoms. The van der Waals surface area contributed by atoms with Crippen LogP contribution in [0.1, 0.15) is 5.82 Å². The topological polar surface area (TPSA) is 82.3 Å². The third-order valence-corrected chi connectivity index (χ3v) is 3.97. The van der Waals surface area contributed by atoms with Gasteiger partial charge in [-0.05, 0) is 22.0 Å². The van der Waals surface area contributed by atoms with E-state index in [4.69, 9.17) is 15.4 Å². The smallest absolute Gasteiger partial charge is 0.264 e. The molecule has 0 aliphatic carbocycles. The molecule has 0 saturated heterocycles. The Kier molecular flexibility index (Phi) is 4.07. The van der Waals surface area contributed by atoms with Crippen molar-refractivity contribution in [2.24, 2.45) is 0 Å². The molecule has 0 radical (unpaired) electrons. The molecule has 10 heteroatoms. The molecule has 0 bridgehead atoms. The van der Waals surface area contributed by atoms with E-state index < -0.39 is 19.8 Å². The molecule has 102 valence electrons. The lowest BCUT2D eigenvalue weighted by atomic mass is 10.3. The van der Waals surface area contributed by atoms with E-state index in [2.05, 4.69) is 30.6 Å². The number of aromatic nitrogens is 2. The van der Waals surface area contributed by atoms with Crippen molar-refractivity contribution in [3.8, 4) is 5.75 Å². The maximum Gasteiger partial charge on any atom is 0.264 e. The predicted molar refractivity (Wildman–Crippen MR) is 65.8 cm³/mol. The van der Waals surface area contributed by atoms with E-state index in [9.17, 15) is 12.8 Å². The minimum Gasteiger partial charge on any atom is -0.484 e. The molecule has 0 atom stereocenters. The Morgan fingerprint density at radius 3 is 2.79 bits per heavy atom. The fourth-order valence-electron chi connectivity index (χ4n) is 1.21. The maximum absolute atomic E-state index is 13.6. The third-order valence-electron chi connectivity index (χ3n) is 2.01. The highest BCUT2D eigenvalue weighted by Gasteiger charge is 2.19. The summed E-state index contributed by atoms with van der Waals surface area (Å²) in [6.07, 6.45) is 1.12. The Morgan fingerprint density at radius 1 is 1.47 bits per heavy atom. The molecule has 1 aromatic heterocycles. The summed E-state index contributed by atoms with van der Waals surface area (Å²) in [6.45, 7) is -0.0541. The lowest BCUT2D eigenvalue weighted by molar-refractivity contribution is 0.283. The Hall–Kier alpha value is -1.19. The van der Waals surface area contributed by atoms with Gasteiger partial charge in [-0.1, -0.05) is 5.16 Å². The van der Waals surface area contributed by atoms with Crippen LogP contribution in [0, 0.1) is 5.82 Å². The molecule has 0 fully saturated rings. The van der Waals surface area contributed by atoms with Crippen LogP contribution >= 0.6 is 26.6 Å². The molecule has 0 unspecified atom stereocenters. The summed E-state index contributed by atoms with van der Waals surface area (Å²) < 4.78 is 45.7. The number of ether oxygens (including phenoxy) is 1. The fourth-order valence-corrected chi connectivity index (χ4v) is 2.72. The molecule has 6 nitrogen and oxygen atoms in total. The SMILES string of the molecule is O=S(=O)(Cl)c1cc(Br)c(OCc2ncon2)cc1F. The summed E-state index contributed by atoms with van der Waals surface area (Å²) in [6, 6.07) is 1.92. The van der Waals surface area contributed by atoms with Crippen molar-refractivity contribution < 1.29 is 22.1 Å². The van der Waals surface area contributed by atoms with Crippen LogP contribution in [0.5, 0.6) is 5.75 Å². The van der Waals surface area contributed by atoms with Crippen molar-refractivity contribution in [3.63, 3.8) is 0 Å². The number of hydrogen-bond donors (Lipinski definition) is 0. The van der Waals surface area contributed by atoms with E-state index in [1.54, 1.807) is 0 Å². The van der Waals surface area contributed by atoms with Crippen molar-refractivity contribution >= 4 is 35.7 Å². The Balaban J connectivity index is 2.26. The van der Waals surface area contributed by atoms with Crippen LogP contribution in [-0.4, -0.2) is 18.6 Å². The van der Waals surface area contributed by atoms with Crippen molar-refractivity contribution in [2.75, 3.05) is 0 Å². The second kappa shape index (κ2) is 5.43. The van der Waals surface area contributed by atoms with Crippen LogP contribution < -0.4 is 4.74 Å². The highest BCUT2D eigenvalue weighted by atomic mass is 79.9. The Morgan fingerprint density at radius 2 is 2.21 bits per heavy atom. The van der Waals surface area contributed by atoms with Crippen molar-refractivity contribution in [2.45, 2.75) is 11.5 Å². The molecule has 2 rings (SSSR count). The number of hydrogen-bond acceptors (Lipinski definition) is 6. The third kappa shape index (κ3) is 3.43. The quantitative estimate of drug-likeness (QED) is 0.768.